The fourth-order valence-electron chi connectivity index (χ4n) is 4.60. The Morgan fingerprint density at radius 1 is 0.909 bits per heavy atom. The van der Waals surface area contributed by atoms with Crippen LogP contribution in [0.2, 0.25) is 0 Å². The first kappa shape index (κ1) is 21.2. The molecule has 1 aliphatic heterocycles. The number of piperazine rings is 1. The van der Waals surface area contributed by atoms with E-state index in [1.165, 1.54) is 5.69 Å². The Labute approximate surface area is 194 Å². The second-order valence-corrected chi connectivity index (χ2v) is 8.79. The fourth-order valence-corrected chi connectivity index (χ4v) is 4.60. The van der Waals surface area contributed by atoms with Crippen LogP contribution < -0.4 is 19.9 Å². The summed E-state index contributed by atoms with van der Waals surface area (Å²) in [6.45, 7) is 5.58. The molecule has 2 aliphatic rings. The lowest BCUT2D eigenvalue weighted by molar-refractivity contribution is 0.0952. The summed E-state index contributed by atoms with van der Waals surface area (Å²) in [4.78, 5) is 27.3. The molecule has 1 N–H and O–H groups in total. The summed E-state index contributed by atoms with van der Waals surface area (Å²) in [5.41, 5.74) is 3.59. The first-order chi connectivity index (χ1) is 16.1. The number of ketones is 1. The van der Waals surface area contributed by atoms with Crippen LogP contribution >= 0.6 is 0 Å². The van der Waals surface area contributed by atoms with Crippen molar-refractivity contribution in [1.82, 2.24) is 9.97 Å². The number of hydrogen-bond donors (Lipinski definition) is 1. The lowest BCUT2D eigenvalue weighted by Gasteiger charge is -2.36. The number of anilines is 4. The smallest absolute Gasteiger partial charge is 0.227 e. The third-order valence-electron chi connectivity index (χ3n) is 6.36. The Morgan fingerprint density at radius 2 is 1.61 bits per heavy atom. The molecule has 0 radical (unpaired) electrons. The molecular formula is C26H29N5O2. The SMILES string of the molecule is COc1ccc(Nc2nc(N3CCN(c4ccccc4)CC3)nc3c2C(=O)CC(C)C3)cc1. The molecule has 0 bridgehead atoms. The molecule has 5 rings (SSSR count). The van der Waals surface area contributed by atoms with Crippen molar-refractivity contribution >= 4 is 28.9 Å². The molecule has 1 aromatic heterocycles. The Balaban J connectivity index is 1.42. The number of aromatic nitrogens is 2. The molecule has 33 heavy (non-hydrogen) atoms. The summed E-state index contributed by atoms with van der Waals surface area (Å²) < 4.78 is 5.26. The van der Waals surface area contributed by atoms with Gasteiger partial charge >= 0.3 is 0 Å². The summed E-state index contributed by atoms with van der Waals surface area (Å²) in [6.07, 6.45) is 1.32. The number of Topliss-reactive ketones (excluding diaryl/α,β-unsaturated/α-hetero) is 1. The van der Waals surface area contributed by atoms with E-state index in [9.17, 15) is 4.79 Å². The van der Waals surface area contributed by atoms with Gasteiger partial charge in [-0.25, -0.2) is 4.98 Å². The maximum Gasteiger partial charge on any atom is 0.227 e. The van der Waals surface area contributed by atoms with Crippen molar-refractivity contribution < 1.29 is 9.53 Å². The number of hydrogen-bond acceptors (Lipinski definition) is 7. The maximum absolute atomic E-state index is 12.9. The van der Waals surface area contributed by atoms with Crippen molar-refractivity contribution in [1.29, 1.82) is 0 Å². The molecule has 1 fully saturated rings. The van der Waals surface area contributed by atoms with Gasteiger partial charge in [0.25, 0.3) is 0 Å². The highest BCUT2D eigenvalue weighted by Gasteiger charge is 2.30. The molecule has 3 aromatic rings. The Kier molecular flexibility index (Phi) is 5.86. The van der Waals surface area contributed by atoms with Gasteiger partial charge < -0.3 is 19.9 Å². The Morgan fingerprint density at radius 3 is 2.30 bits per heavy atom. The number of ether oxygens (including phenoxy) is 1. The van der Waals surface area contributed by atoms with Crippen molar-refractivity contribution in [2.75, 3.05) is 48.4 Å². The predicted molar refractivity (Wildman–Crippen MR) is 131 cm³/mol. The summed E-state index contributed by atoms with van der Waals surface area (Å²) >= 11 is 0. The Bertz CT molecular complexity index is 1130. The van der Waals surface area contributed by atoms with Gasteiger partial charge in [-0.3, -0.25) is 4.79 Å². The normalized spacial score (nSPS) is 18.1. The molecule has 1 aliphatic carbocycles. The lowest BCUT2D eigenvalue weighted by Crippen LogP contribution is -2.47. The van der Waals surface area contributed by atoms with Crippen molar-refractivity contribution in [3.05, 3.63) is 65.9 Å². The first-order valence-corrected chi connectivity index (χ1v) is 11.5. The molecule has 1 atom stereocenters. The van der Waals surface area contributed by atoms with Crippen LogP contribution in [0, 0.1) is 5.92 Å². The van der Waals surface area contributed by atoms with Crippen LogP contribution in [-0.4, -0.2) is 49.0 Å². The summed E-state index contributed by atoms with van der Waals surface area (Å²) in [5.74, 6) is 2.48. The highest BCUT2D eigenvalue weighted by Crippen LogP contribution is 2.32. The molecule has 7 nitrogen and oxygen atoms in total. The zero-order chi connectivity index (χ0) is 22.8. The predicted octanol–water partition coefficient (Wildman–Crippen LogP) is 4.32. The van der Waals surface area contributed by atoms with E-state index in [1.807, 2.05) is 30.3 Å². The van der Waals surface area contributed by atoms with Gasteiger partial charge in [0.1, 0.15) is 11.6 Å². The maximum atomic E-state index is 12.9. The molecule has 2 aromatic carbocycles. The van der Waals surface area contributed by atoms with Crippen LogP contribution in [0.5, 0.6) is 5.75 Å². The van der Waals surface area contributed by atoms with Crippen molar-refractivity contribution in [3.8, 4) is 5.75 Å². The van der Waals surface area contributed by atoms with Gasteiger partial charge in [0.05, 0.1) is 18.4 Å². The van der Waals surface area contributed by atoms with Crippen LogP contribution in [0.15, 0.2) is 54.6 Å². The largest absolute Gasteiger partial charge is 0.497 e. The van der Waals surface area contributed by atoms with E-state index in [-0.39, 0.29) is 11.7 Å². The van der Waals surface area contributed by atoms with Gasteiger partial charge in [-0.15, -0.1) is 0 Å². The quantitative estimate of drug-likeness (QED) is 0.630. The van der Waals surface area contributed by atoms with Gasteiger partial charge in [-0.2, -0.15) is 4.98 Å². The number of carbonyl (C=O) groups excluding carboxylic acids is 1. The third kappa shape index (κ3) is 4.49. The van der Waals surface area contributed by atoms with Gasteiger partial charge in [0.2, 0.25) is 5.95 Å². The number of nitrogens with zero attached hydrogens (tertiary/aromatic N) is 4. The average Bonchev–Trinajstić information content (AvgIpc) is 2.84. The molecule has 0 spiro atoms. The number of carbonyl (C=O) groups is 1. The van der Waals surface area contributed by atoms with Gasteiger partial charge in [-0.05, 0) is 48.7 Å². The lowest BCUT2D eigenvalue weighted by atomic mass is 9.87. The van der Waals surface area contributed by atoms with Crippen LogP contribution in [0.4, 0.5) is 23.1 Å². The van der Waals surface area contributed by atoms with E-state index < -0.39 is 0 Å². The topological polar surface area (TPSA) is 70.6 Å². The molecule has 170 valence electrons. The number of rotatable bonds is 5. The number of para-hydroxylation sites is 1. The van der Waals surface area contributed by atoms with E-state index in [4.69, 9.17) is 14.7 Å². The van der Waals surface area contributed by atoms with Crippen LogP contribution in [0.3, 0.4) is 0 Å². The standard InChI is InChI=1S/C26H29N5O2/c1-18-16-22-24(23(32)17-18)25(27-19-8-10-21(33-2)11-9-19)29-26(28-22)31-14-12-30(13-15-31)20-6-4-3-5-7-20/h3-11,18H,12-17H2,1-2H3,(H,27,28,29). The van der Waals surface area contributed by atoms with Crippen LogP contribution in [0.1, 0.15) is 29.4 Å². The molecule has 1 saturated heterocycles. The van der Waals surface area contributed by atoms with Gasteiger partial charge in [0.15, 0.2) is 5.78 Å². The number of fused-ring (bicyclic) bond motifs is 1. The second-order valence-electron chi connectivity index (χ2n) is 8.79. The molecule has 1 unspecified atom stereocenters. The highest BCUT2D eigenvalue weighted by atomic mass is 16.5. The highest BCUT2D eigenvalue weighted by molar-refractivity contribution is 6.03. The first-order valence-electron chi connectivity index (χ1n) is 11.5. The molecule has 7 heteroatoms. The summed E-state index contributed by atoms with van der Waals surface area (Å²) in [5, 5.41) is 3.38. The number of benzene rings is 2. The van der Waals surface area contributed by atoms with E-state index in [0.717, 1.165) is 49.7 Å². The molecule has 2 heterocycles. The van der Waals surface area contributed by atoms with Crippen LogP contribution in [-0.2, 0) is 6.42 Å². The second kappa shape index (κ2) is 9.10. The van der Waals surface area contributed by atoms with Crippen molar-refractivity contribution in [2.45, 2.75) is 19.8 Å². The van der Waals surface area contributed by atoms with E-state index in [2.05, 4.69) is 46.3 Å². The zero-order valence-corrected chi connectivity index (χ0v) is 19.1. The Hall–Kier alpha value is -3.61. The van der Waals surface area contributed by atoms with Crippen molar-refractivity contribution in [2.24, 2.45) is 5.92 Å². The van der Waals surface area contributed by atoms with Gasteiger partial charge in [0, 0.05) is 44.0 Å². The van der Waals surface area contributed by atoms with Gasteiger partial charge in [-0.1, -0.05) is 25.1 Å². The third-order valence-corrected chi connectivity index (χ3v) is 6.36. The summed E-state index contributed by atoms with van der Waals surface area (Å²) in [7, 11) is 1.65. The summed E-state index contributed by atoms with van der Waals surface area (Å²) in [6, 6.07) is 18.1. The number of nitrogens with one attached hydrogen (secondary N) is 1. The number of methoxy groups -OCH3 is 1. The van der Waals surface area contributed by atoms with E-state index in [0.29, 0.717) is 23.8 Å². The van der Waals surface area contributed by atoms with Crippen LogP contribution in [0.25, 0.3) is 0 Å². The zero-order valence-electron chi connectivity index (χ0n) is 19.1. The minimum atomic E-state index is 0.111. The minimum absolute atomic E-state index is 0.111. The van der Waals surface area contributed by atoms with E-state index in [1.54, 1.807) is 7.11 Å². The minimum Gasteiger partial charge on any atom is -0.497 e. The monoisotopic (exact) mass is 443 g/mol. The van der Waals surface area contributed by atoms with E-state index >= 15 is 0 Å². The fraction of sp³-hybridized carbons (Fsp3) is 0.346. The average molecular weight is 444 g/mol. The van der Waals surface area contributed by atoms with Crippen molar-refractivity contribution in [3.63, 3.8) is 0 Å². The molecule has 0 amide bonds. The molecular weight excluding hydrogens is 414 g/mol. The molecule has 0 saturated carbocycles.